The van der Waals surface area contributed by atoms with Gasteiger partial charge < -0.3 is 4.90 Å². The molecule has 0 spiro atoms. The van der Waals surface area contributed by atoms with Crippen LogP contribution >= 0.6 is 0 Å². The molecular formula is C25H26N3+. The summed E-state index contributed by atoms with van der Waals surface area (Å²) in [5.74, 6) is 0. The number of nitrogens with zero attached hydrogens (tertiary/aromatic N) is 3. The Morgan fingerprint density at radius 1 is 1.00 bits per heavy atom. The number of aryl methyl sites for hydroxylation is 2. The van der Waals surface area contributed by atoms with Crippen molar-refractivity contribution in [1.82, 2.24) is 4.98 Å². The van der Waals surface area contributed by atoms with Gasteiger partial charge in [0.1, 0.15) is 5.69 Å². The zero-order chi connectivity index (χ0) is 19.8. The highest BCUT2D eigenvalue weighted by Crippen LogP contribution is 2.49. The summed E-state index contributed by atoms with van der Waals surface area (Å²) < 4.78 is 2.18. The summed E-state index contributed by atoms with van der Waals surface area (Å²) in [5.41, 5.74) is 8.86. The van der Waals surface area contributed by atoms with Crippen molar-refractivity contribution in [2.45, 2.75) is 33.1 Å². The third-order valence-corrected chi connectivity index (χ3v) is 6.17. The van der Waals surface area contributed by atoms with Gasteiger partial charge in [-0.3, -0.25) is 0 Å². The Balaban J connectivity index is 1.98. The van der Waals surface area contributed by atoms with Crippen molar-refractivity contribution in [1.29, 1.82) is 0 Å². The minimum atomic E-state index is 0.0744. The normalized spacial score (nSPS) is 13.3. The van der Waals surface area contributed by atoms with Gasteiger partial charge in [0.2, 0.25) is 0 Å². The lowest BCUT2D eigenvalue weighted by Gasteiger charge is -2.32. The van der Waals surface area contributed by atoms with Gasteiger partial charge >= 0.3 is 0 Å². The summed E-state index contributed by atoms with van der Waals surface area (Å²) in [4.78, 5) is 7.14. The van der Waals surface area contributed by atoms with Gasteiger partial charge in [-0.25, -0.2) is 4.57 Å². The molecule has 0 N–H and O–H groups in total. The van der Waals surface area contributed by atoms with E-state index in [0.717, 1.165) is 5.52 Å². The molecule has 1 aliphatic heterocycles. The van der Waals surface area contributed by atoms with Crippen molar-refractivity contribution in [2.75, 3.05) is 11.9 Å². The lowest BCUT2D eigenvalue weighted by atomic mass is 9.84. The van der Waals surface area contributed by atoms with Crippen molar-refractivity contribution in [3.05, 3.63) is 59.9 Å². The van der Waals surface area contributed by atoms with Gasteiger partial charge in [0.05, 0.1) is 23.8 Å². The first kappa shape index (κ1) is 17.2. The van der Waals surface area contributed by atoms with E-state index >= 15 is 0 Å². The number of hydrogen-bond donors (Lipinski definition) is 0. The van der Waals surface area contributed by atoms with E-state index in [1.165, 1.54) is 49.9 Å². The molecule has 28 heavy (non-hydrogen) atoms. The van der Waals surface area contributed by atoms with E-state index in [1.807, 2.05) is 6.33 Å². The van der Waals surface area contributed by atoms with Crippen LogP contribution in [0.2, 0.25) is 0 Å². The molecule has 1 aliphatic rings. The molecule has 3 nitrogen and oxygen atoms in total. The fourth-order valence-corrected chi connectivity index (χ4v) is 4.54. The maximum absolute atomic E-state index is 4.79. The minimum Gasteiger partial charge on any atom is -0.343 e. The molecule has 3 heteroatoms. The van der Waals surface area contributed by atoms with Crippen LogP contribution in [0.5, 0.6) is 0 Å². The smallest absolute Gasteiger partial charge is 0.287 e. The maximum atomic E-state index is 4.79. The number of hydrogen-bond acceptors (Lipinski definition) is 2. The molecule has 4 aromatic rings. The van der Waals surface area contributed by atoms with E-state index in [0.29, 0.717) is 0 Å². The first-order valence-corrected chi connectivity index (χ1v) is 9.86. The zero-order valence-electron chi connectivity index (χ0n) is 17.5. The van der Waals surface area contributed by atoms with Crippen LogP contribution < -0.4 is 9.47 Å². The third kappa shape index (κ3) is 2.22. The predicted octanol–water partition coefficient (Wildman–Crippen LogP) is 5.57. The molecule has 0 atom stereocenters. The van der Waals surface area contributed by atoms with Crippen molar-refractivity contribution >= 4 is 33.1 Å². The fraction of sp³-hybridized carbons (Fsp3) is 0.280. The Morgan fingerprint density at radius 2 is 1.75 bits per heavy atom. The van der Waals surface area contributed by atoms with Crippen LogP contribution in [0, 0.1) is 6.92 Å². The number of rotatable bonds is 0. The molecule has 5 rings (SSSR count). The Bertz CT molecular complexity index is 1280. The molecular weight excluding hydrogens is 342 g/mol. The molecule has 0 aliphatic carbocycles. The highest BCUT2D eigenvalue weighted by Gasteiger charge is 2.32. The van der Waals surface area contributed by atoms with Crippen LogP contribution in [0.4, 0.5) is 11.4 Å². The van der Waals surface area contributed by atoms with E-state index in [-0.39, 0.29) is 5.41 Å². The third-order valence-electron chi connectivity index (χ3n) is 6.17. The largest absolute Gasteiger partial charge is 0.343 e. The van der Waals surface area contributed by atoms with E-state index < -0.39 is 0 Å². The second kappa shape index (κ2) is 5.54. The number of aromatic nitrogens is 2. The van der Waals surface area contributed by atoms with Gasteiger partial charge in [-0.1, -0.05) is 45.0 Å². The van der Waals surface area contributed by atoms with Crippen molar-refractivity contribution in [3.63, 3.8) is 0 Å². The maximum Gasteiger partial charge on any atom is 0.287 e. The lowest BCUT2D eigenvalue weighted by molar-refractivity contribution is -0.662. The fourth-order valence-electron chi connectivity index (χ4n) is 4.54. The topological polar surface area (TPSA) is 20.0 Å². The first-order chi connectivity index (χ1) is 13.3. The highest BCUT2D eigenvalue weighted by molar-refractivity contribution is 6.12. The summed E-state index contributed by atoms with van der Waals surface area (Å²) in [6.45, 7) is 9.04. The molecule has 140 valence electrons. The quantitative estimate of drug-likeness (QED) is 0.378. The van der Waals surface area contributed by atoms with Crippen LogP contribution in [-0.4, -0.2) is 12.0 Å². The van der Waals surface area contributed by atoms with Crippen LogP contribution in [0.15, 0.2) is 48.8 Å². The molecule has 2 heterocycles. The molecule has 3 aromatic carbocycles. The summed E-state index contributed by atoms with van der Waals surface area (Å²) in [6.07, 6.45) is 1.96. The van der Waals surface area contributed by atoms with Crippen LogP contribution in [0.3, 0.4) is 0 Å². The van der Waals surface area contributed by atoms with Gasteiger partial charge in [0, 0.05) is 12.6 Å². The Kier molecular flexibility index (Phi) is 3.40. The number of anilines is 2. The highest BCUT2D eigenvalue weighted by atomic mass is 15.1. The monoisotopic (exact) mass is 368 g/mol. The lowest BCUT2D eigenvalue weighted by Crippen LogP contribution is -2.34. The zero-order valence-corrected chi connectivity index (χ0v) is 17.5. The van der Waals surface area contributed by atoms with Crippen molar-refractivity contribution in [2.24, 2.45) is 7.05 Å². The average Bonchev–Trinajstić information content (AvgIpc) is 2.66. The minimum absolute atomic E-state index is 0.0744. The number of benzene rings is 3. The second-order valence-corrected chi connectivity index (χ2v) is 9.02. The van der Waals surface area contributed by atoms with Crippen LogP contribution in [0.25, 0.3) is 32.9 Å². The van der Waals surface area contributed by atoms with Crippen LogP contribution in [-0.2, 0) is 12.5 Å². The molecule has 0 bridgehead atoms. The number of fused-ring (bicyclic) bond motifs is 3. The van der Waals surface area contributed by atoms with Crippen molar-refractivity contribution in [3.8, 4) is 11.3 Å². The Labute approximate surface area is 166 Å². The predicted molar refractivity (Wildman–Crippen MR) is 117 cm³/mol. The summed E-state index contributed by atoms with van der Waals surface area (Å²) >= 11 is 0. The SMILES string of the molecule is Cc1c2c(cc3ccccc13)N(C)c1cc(C(C)(C)C)cc3nc[n+](C)c-2c13. The molecule has 0 saturated heterocycles. The van der Waals surface area contributed by atoms with E-state index in [1.54, 1.807) is 0 Å². The van der Waals surface area contributed by atoms with E-state index in [9.17, 15) is 0 Å². The summed E-state index contributed by atoms with van der Waals surface area (Å²) in [6, 6.07) is 15.6. The Hall–Kier alpha value is -2.94. The second-order valence-electron chi connectivity index (χ2n) is 9.02. The van der Waals surface area contributed by atoms with Crippen molar-refractivity contribution < 1.29 is 4.57 Å². The average molecular weight is 369 g/mol. The van der Waals surface area contributed by atoms with Crippen LogP contribution in [0.1, 0.15) is 31.9 Å². The van der Waals surface area contributed by atoms with Gasteiger partial charge in [0.25, 0.3) is 6.33 Å². The van der Waals surface area contributed by atoms with E-state index in [4.69, 9.17) is 4.98 Å². The summed E-state index contributed by atoms with van der Waals surface area (Å²) in [7, 11) is 4.29. The Morgan fingerprint density at radius 3 is 2.50 bits per heavy atom. The molecule has 0 radical (unpaired) electrons. The molecule has 1 aromatic heterocycles. The molecule has 0 fully saturated rings. The van der Waals surface area contributed by atoms with Gasteiger partial charge in [0.15, 0.2) is 5.52 Å². The summed E-state index contributed by atoms with van der Waals surface area (Å²) in [5, 5.41) is 3.84. The first-order valence-electron chi connectivity index (χ1n) is 9.86. The standard InChI is InChI=1S/C25H26N3/c1-15-18-10-8-7-9-16(18)11-20-22(15)24-23-19(26-14-27(24)5)12-17(25(2,3)4)13-21(23)28(20)6/h7-14H,1-6H3/q+1. The molecule has 0 saturated carbocycles. The molecule has 0 amide bonds. The van der Waals surface area contributed by atoms with Gasteiger partial charge in [-0.05, 0) is 57.4 Å². The van der Waals surface area contributed by atoms with Gasteiger partial charge in [-0.15, -0.1) is 0 Å². The molecule has 0 unspecified atom stereocenters. The van der Waals surface area contributed by atoms with E-state index in [2.05, 4.69) is 93.7 Å². The van der Waals surface area contributed by atoms with Gasteiger partial charge in [-0.2, -0.15) is 0 Å².